The van der Waals surface area contributed by atoms with E-state index in [0.717, 1.165) is 45.3 Å². The Hall–Kier alpha value is -1.66. The normalized spacial score (nSPS) is 22.9. The zero-order valence-corrected chi connectivity index (χ0v) is 15.5. The summed E-state index contributed by atoms with van der Waals surface area (Å²) in [5, 5.41) is 2.93. The third-order valence-corrected chi connectivity index (χ3v) is 5.31. The van der Waals surface area contributed by atoms with Gasteiger partial charge in [0.25, 0.3) is 5.91 Å². The van der Waals surface area contributed by atoms with Crippen molar-refractivity contribution < 1.29 is 13.9 Å². The van der Waals surface area contributed by atoms with Crippen molar-refractivity contribution in [1.29, 1.82) is 0 Å². The molecule has 6 heteroatoms. The van der Waals surface area contributed by atoms with Crippen LogP contribution in [0.1, 0.15) is 55.8 Å². The summed E-state index contributed by atoms with van der Waals surface area (Å²) in [5.41, 5.74) is 1.75. The third-order valence-electron chi connectivity index (χ3n) is 5.31. The van der Waals surface area contributed by atoms with Gasteiger partial charge in [-0.05, 0) is 46.5 Å². The molecule has 25 heavy (non-hydrogen) atoms. The summed E-state index contributed by atoms with van der Waals surface area (Å²) in [6.07, 6.45) is 7.94. The van der Waals surface area contributed by atoms with Gasteiger partial charge >= 0.3 is 0 Å². The van der Waals surface area contributed by atoms with Crippen LogP contribution >= 0.6 is 0 Å². The SMILES string of the molecule is CC(C)=CCN1CCC2(CCC(CNC(=O)c3ncoc3C)O2)CC1. The number of aromatic nitrogens is 1. The fraction of sp³-hybridized carbons (Fsp3) is 0.684. The summed E-state index contributed by atoms with van der Waals surface area (Å²) in [6, 6.07) is 0. The van der Waals surface area contributed by atoms with Gasteiger partial charge in [-0.2, -0.15) is 0 Å². The Bertz CT molecular complexity index is 626. The maximum atomic E-state index is 12.1. The van der Waals surface area contributed by atoms with Crippen molar-refractivity contribution >= 4 is 5.91 Å². The molecular weight excluding hydrogens is 318 g/mol. The zero-order chi connectivity index (χ0) is 17.9. The molecule has 0 aliphatic carbocycles. The lowest BCUT2D eigenvalue weighted by Crippen LogP contribution is -2.45. The number of carbonyl (C=O) groups excluding carboxylic acids is 1. The molecule has 0 radical (unpaired) electrons. The van der Waals surface area contributed by atoms with Crippen LogP contribution in [0.4, 0.5) is 0 Å². The Morgan fingerprint density at radius 3 is 2.80 bits per heavy atom. The predicted octanol–water partition coefficient (Wildman–Crippen LogP) is 2.69. The van der Waals surface area contributed by atoms with Gasteiger partial charge in [-0.25, -0.2) is 4.98 Å². The summed E-state index contributed by atoms with van der Waals surface area (Å²) >= 11 is 0. The van der Waals surface area contributed by atoms with Crippen molar-refractivity contribution in [3.63, 3.8) is 0 Å². The van der Waals surface area contributed by atoms with Gasteiger partial charge in [0.15, 0.2) is 12.1 Å². The fourth-order valence-electron chi connectivity index (χ4n) is 3.68. The molecule has 6 nitrogen and oxygen atoms in total. The lowest BCUT2D eigenvalue weighted by atomic mass is 9.88. The van der Waals surface area contributed by atoms with E-state index in [1.54, 1.807) is 6.92 Å². The number of ether oxygens (including phenoxy) is 1. The van der Waals surface area contributed by atoms with Crippen LogP contribution in [0.2, 0.25) is 0 Å². The van der Waals surface area contributed by atoms with Gasteiger partial charge in [0.2, 0.25) is 0 Å². The van der Waals surface area contributed by atoms with E-state index in [4.69, 9.17) is 9.15 Å². The average Bonchev–Trinajstić information content (AvgIpc) is 3.19. The van der Waals surface area contributed by atoms with Gasteiger partial charge in [-0.3, -0.25) is 9.69 Å². The number of aryl methyl sites for hydroxylation is 1. The Kier molecular flexibility index (Phi) is 5.59. The van der Waals surface area contributed by atoms with Crippen LogP contribution in [0.15, 0.2) is 22.5 Å². The first-order chi connectivity index (χ1) is 12.0. The number of nitrogens with one attached hydrogen (secondary N) is 1. The van der Waals surface area contributed by atoms with Crippen molar-refractivity contribution in [3.05, 3.63) is 29.5 Å². The first-order valence-corrected chi connectivity index (χ1v) is 9.19. The van der Waals surface area contributed by atoms with Gasteiger partial charge < -0.3 is 14.5 Å². The molecule has 2 saturated heterocycles. The van der Waals surface area contributed by atoms with E-state index in [1.165, 1.54) is 12.0 Å². The van der Waals surface area contributed by atoms with Crippen LogP contribution in [0.3, 0.4) is 0 Å². The molecule has 1 aromatic rings. The number of oxazole rings is 1. The minimum atomic E-state index is -0.188. The van der Waals surface area contributed by atoms with Crippen LogP contribution in [0.25, 0.3) is 0 Å². The van der Waals surface area contributed by atoms with Crippen LogP contribution in [-0.4, -0.2) is 53.7 Å². The number of carbonyl (C=O) groups is 1. The number of nitrogens with zero attached hydrogens (tertiary/aromatic N) is 2. The Balaban J connectivity index is 1.44. The molecule has 1 unspecified atom stereocenters. The molecule has 138 valence electrons. The van der Waals surface area contributed by atoms with E-state index >= 15 is 0 Å². The van der Waals surface area contributed by atoms with Crippen LogP contribution in [-0.2, 0) is 4.74 Å². The summed E-state index contributed by atoms with van der Waals surface area (Å²) in [7, 11) is 0. The largest absolute Gasteiger partial charge is 0.448 e. The van der Waals surface area contributed by atoms with Crippen molar-refractivity contribution in [2.45, 2.75) is 58.2 Å². The smallest absolute Gasteiger partial charge is 0.273 e. The molecule has 1 aromatic heterocycles. The second-order valence-electron chi connectivity index (χ2n) is 7.51. The van der Waals surface area contributed by atoms with Gasteiger partial charge in [-0.15, -0.1) is 0 Å². The lowest BCUT2D eigenvalue weighted by Gasteiger charge is -2.39. The number of hydrogen-bond donors (Lipinski definition) is 1. The quantitative estimate of drug-likeness (QED) is 0.830. The molecule has 2 aliphatic heterocycles. The van der Waals surface area contributed by atoms with E-state index in [1.807, 2.05) is 0 Å². The van der Waals surface area contributed by atoms with E-state index in [9.17, 15) is 4.79 Å². The molecule has 1 atom stereocenters. The monoisotopic (exact) mass is 347 g/mol. The second-order valence-corrected chi connectivity index (χ2v) is 7.51. The van der Waals surface area contributed by atoms with E-state index in [-0.39, 0.29) is 17.6 Å². The predicted molar refractivity (Wildman–Crippen MR) is 95.5 cm³/mol. The highest BCUT2D eigenvalue weighted by Gasteiger charge is 2.42. The Labute approximate surface area is 149 Å². The first-order valence-electron chi connectivity index (χ1n) is 9.19. The van der Waals surface area contributed by atoms with Crippen LogP contribution in [0.5, 0.6) is 0 Å². The van der Waals surface area contributed by atoms with Gasteiger partial charge in [0.05, 0.1) is 11.7 Å². The minimum Gasteiger partial charge on any atom is -0.448 e. The van der Waals surface area contributed by atoms with Crippen LogP contribution < -0.4 is 5.32 Å². The molecule has 0 bridgehead atoms. The topological polar surface area (TPSA) is 67.6 Å². The van der Waals surface area contributed by atoms with Crippen molar-refractivity contribution in [2.75, 3.05) is 26.2 Å². The van der Waals surface area contributed by atoms with Crippen LogP contribution in [0, 0.1) is 6.92 Å². The number of hydrogen-bond acceptors (Lipinski definition) is 5. The third kappa shape index (κ3) is 4.50. The number of allylic oxidation sites excluding steroid dienone is 1. The minimum absolute atomic E-state index is 0.0146. The highest BCUT2D eigenvalue weighted by molar-refractivity contribution is 5.93. The molecule has 0 aromatic carbocycles. The molecule has 1 N–H and O–H groups in total. The highest BCUT2D eigenvalue weighted by Crippen LogP contribution is 2.38. The standard InChI is InChI=1S/C19H29N3O3/c1-14(2)5-9-22-10-7-19(8-11-22)6-4-16(25-19)12-20-18(23)17-15(3)24-13-21-17/h5,13,16H,4,6-12H2,1-3H3,(H,20,23). The molecule has 3 heterocycles. The second kappa shape index (κ2) is 7.70. The number of rotatable bonds is 5. The van der Waals surface area contributed by atoms with Gasteiger partial charge in [0.1, 0.15) is 5.76 Å². The Morgan fingerprint density at radius 1 is 1.40 bits per heavy atom. The molecule has 2 fully saturated rings. The molecular formula is C19H29N3O3. The molecule has 3 rings (SSSR count). The average molecular weight is 347 g/mol. The van der Waals surface area contributed by atoms with Crippen molar-refractivity contribution in [1.82, 2.24) is 15.2 Å². The highest BCUT2D eigenvalue weighted by atomic mass is 16.5. The van der Waals surface area contributed by atoms with E-state index in [2.05, 4.69) is 35.1 Å². The summed E-state index contributed by atoms with van der Waals surface area (Å²) in [6.45, 7) is 9.77. The van der Waals surface area contributed by atoms with E-state index in [0.29, 0.717) is 18.0 Å². The molecule has 1 spiro atoms. The zero-order valence-electron chi connectivity index (χ0n) is 15.5. The van der Waals surface area contributed by atoms with Gasteiger partial charge in [0, 0.05) is 26.2 Å². The summed E-state index contributed by atoms with van der Waals surface area (Å²) in [4.78, 5) is 18.6. The molecule has 2 aliphatic rings. The molecule has 1 amide bonds. The van der Waals surface area contributed by atoms with Gasteiger partial charge in [-0.1, -0.05) is 11.6 Å². The maximum Gasteiger partial charge on any atom is 0.273 e. The lowest BCUT2D eigenvalue weighted by molar-refractivity contribution is -0.0741. The fourth-order valence-corrected chi connectivity index (χ4v) is 3.68. The Morgan fingerprint density at radius 2 is 2.16 bits per heavy atom. The maximum absolute atomic E-state index is 12.1. The first kappa shape index (κ1) is 18.1. The number of piperidine rings is 1. The van der Waals surface area contributed by atoms with E-state index < -0.39 is 0 Å². The molecule has 0 saturated carbocycles. The van der Waals surface area contributed by atoms with Crippen molar-refractivity contribution in [3.8, 4) is 0 Å². The number of amides is 1. The summed E-state index contributed by atoms with van der Waals surface area (Å²) in [5.74, 6) is 0.359. The van der Waals surface area contributed by atoms with Crippen molar-refractivity contribution in [2.24, 2.45) is 0 Å². The summed E-state index contributed by atoms with van der Waals surface area (Å²) < 4.78 is 11.4. The number of likely N-dealkylation sites (tertiary alicyclic amines) is 1.